The van der Waals surface area contributed by atoms with E-state index < -0.39 is 0 Å². The van der Waals surface area contributed by atoms with Gasteiger partial charge in [-0.2, -0.15) is 5.10 Å². The van der Waals surface area contributed by atoms with Crippen molar-refractivity contribution in [2.24, 2.45) is 18.7 Å². The molecule has 0 saturated carbocycles. The number of aryl methyl sites for hydroxylation is 1. The van der Waals surface area contributed by atoms with Gasteiger partial charge in [0.1, 0.15) is 0 Å². The molecule has 18 heavy (non-hydrogen) atoms. The third-order valence-corrected chi connectivity index (χ3v) is 3.03. The standard InChI is InChI=1S/C15H21N3/c1-11(2)8-12-4-6-13(7-5-12)15-9-14(10-16)17-18(15)3/h4-7,9,11H,8,10,16H2,1-3H3. The molecule has 0 unspecified atom stereocenters. The van der Waals surface area contributed by atoms with Crippen molar-refractivity contribution in [2.45, 2.75) is 26.8 Å². The van der Waals surface area contributed by atoms with Gasteiger partial charge in [0, 0.05) is 13.6 Å². The van der Waals surface area contributed by atoms with E-state index in [9.17, 15) is 0 Å². The van der Waals surface area contributed by atoms with Crippen LogP contribution in [0.4, 0.5) is 0 Å². The average molecular weight is 243 g/mol. The Morgan fingerprint density at radius 1 is 1.22 bits per heavy atom. The van der Waals surface area contributed by atoms with Crippen LogP contribution < -0.4 is 5.73 Å². The molecule has 2 rings (SSSR count). The molecule has 96 valence electrons. The molecule has 0 aliphatic rings. The number of rotatable bonds is 4. The van der Waals surface area contributed by atoms with Gasteiger partial charge in [0.05, 0.1) is 11.4 Å². The molecular formula is C15H21N3. The molecule has 0 saturated heterocycles. The second kappa shape index (κ2) is 5.36. The van der Waals surface area contributed by atoms with Crippen molar-refractivity contribution in [1.82, 2.24) is 9.78 Å². The Bertz CT molecular complexity index is 509. The van der Waals surface area contributed by atoms with Gasteiger partial charge >= 0.3 is 0 Å². The first kappa shape index (κ1) is 12.8. The van der Waals surface area contributed by atoms with E-state index in [1.54, 1.807) is 0 Å². The van der Waals surface area contributed by atoms with Crippen molar-refractivity contribution in [3.05, 3.63) is 41.6 Å². The SMILES string of the molecule is CC(C)Cc1ccc(-c2cc(CN)nn2C)cc1. The van der Waals surface area contributed by atoms with E-state index in [-0.39, 0.29) is 0 Å². The summed E-state index contributed by atoms with van der Waals surface area (Å²) in [7, 11) is 1.95. The minimum atomic E-state index is 0.485. The van der Waals surface area contributed by atoms with Crippen LogP contribution in [0.2, 0.25) is 0 Å². The molecule has 2 aromatic rings. The van der Waals surface area contributed by atoms with Crippen LogP contribution in [0.3, 0.4) is 0 Å². The number of aromatic nitrogens is 2. The highest BCUT2D eigenvalue weighted by Crippen LogP contribution is 2.21. The van der Waals surface area contributed by atoms with Crippen molar-refractivity contribution in [2.75, 3.05) is 0 Å². The Morgan fingerprint density at radius 3 is 2.39 bits per heavy atom. The molecule has 0 atom stereocenters. The summed E-state index contributed by atoms with van der Waals surface area (Å²) < 4.78 is 1.89. The zero-order chi connectivity index (χ0) is 13.1. The van der Waals surface area contributed by atoms with E-state index in [0.29, 0.717) is 12.5 Å². The van der Waals surface area contributed by atoms with Crippen LogP contribution in [0.15, 0.2) is 30.3 Å². The molecule has 0 aliphatic carbocycles. The van der Waals surface area contributed by atoms with Gasteiger partial charge in [0.15, 0.2) is 0 Å². The zero-order valence-electron chi connectivity index (χ0n) is 11.4. The minimum absolute atomic E-state index is 0.485. The van der Waals surface area contributed by atoms with Gasteiger partial charge in [-0.15, -0.1) is 0 Å². The number of nitrogens with zero attached hydrogens (tertiary/aromatic N) is 2. The lowest BCUT2D eigenvalue weighted by atomic mass is 10.0. The predicted molar refractivity (Wildman–Crippen MR) is 75.1 cm³/mol. The molecule has 0 fully saturated rings. The highest BCUT2D eigenvalue weighted by Gasteiger charge is 2.06. The highest BCUT2D eigenvalue weighted by atomic mass is 15.3. The van der Waals surface area contributed by atoms with Gasteiger partial charge in [-0.1, -0.05) is 38.1 Å². The van der Waals surface area contributed by atoms with Crippen LogP contribution in [-0.2, 0) is 20.0 Å². The lowest BCUT2D eigenvalue weighted by Gasteiger charge is -2.06. The molecular weight excluding hydrogens is 222 g/mol. The Labute approximate surface area is 109 Å². The minimum Gasteiger partial charge on any atom is -0.325 e. The van der Waals surface area contributed by atoms with E-state index in [2.05, 4.69) is 49.3 Å². The Morgan fingerprint density at radius 2 is 1.89 bits per heavy atom. The molecule has 1 aromatic heterocycles. The van der Waals surface area contributed by atoms with Crippen LogP contribution in [0.5, 0.6) is 0 Å². The third kappa shape index (κ3) is 2.79. The normalized spacial score (nSPS) is 11.2. The zero-order valence-corrected chi connectivity index (χ0v) is 11.4. The third-order valence-electron chi connectivity index (χ3n) is 3.03. The van der Waals surface area contributed by atoms with E-state index in [4.69, 9.17) is 5.73 Å². The van der Waals surface area contributed by atoms with E-state index in [0.717, 1.165) is 17.8 Å². The average Bonchev–Trinajstić information content (AvgIpc) is 2.71. The van der Waals surface area contributed by atoms with Crippen molar-refractivity contribution in [1.29, 1.82) is 0 Å². The second-order valence-corrected chi connectivity index (χ2v) is 5.14. The quantitative estimate of drug-likeness (QED) is 0.897. The summed E-state index contributed by atoms with van der Waals surface area (Å²) in [4.78, 5) is 0. The number of benzene rings is 1. The van der Waals surface area contributed by atoms with Crippen molar-refractivity contribution < 1.29 is 0 Å². The molecule has 0 spiro atoms. The molecule has 3 nitrogen and oxygen atoms in total. The molecule has 0 amide bonds. The summed E-state index contributed by atoms with van der Waals surface area (Å²) in [5, 5.41) is 4.37. The molecule has 1 heterocycles. The van der Waals surface area contributed by atoms with Crippen LogP contribution in [-0.4, -0.2) is 9.78 Å². The number of nitrogens with two attached hydrogens (primary N) is 1. The van der Waals surface area contributed by atoms with Gasteiger partial charge in [-0.3, -0.25) is 4.68 Å². The van der Waals surface area contributed by atoms with Crippen LogP contribution >= 0.6 is 0 Å². The van der Waals surface area contributed by atoms with E-state index in [1.165, 1.54) is 11.1 Å². The van der Waals surface area contributed by atoms with Gasteiger partial charge in [0.2, 0.25) is 0 Å². The monoisotopic (exact) mass is 243 g/mol. The summed E-state index contributed by atoms with van der Waals surface area (Å²) in [6, 6.07) is 10.8. The maximum Gasteiger partial charge on any atom is 0.0766 e. The van der Waals surface area contributed by atoms with Gasteiger partial charge in [-0.05, 0) is 29.5 Å². The first-order chi connectivity index (χ1) is 8.60. The Hall–Kier alpha value is -1.61. The predicted octanol–water partition coefficient (Wildman–Crippen LogP) is 2.74. The smallest absolute Gasteiger partial charge is 0.0766 e. The van der Waals surface area contributed by atoms with E-state index in [1.807, 2.05) is 11.7 Å². The molecule has 0 radical (unpaired) electrons. The van der Waals surface area contributed by atoms with Crippen LogP contribution in [0, 0.1) is 5.92 Å². The summed E-state index contributed by atoms with van der Waals surface area (Å²) >= 11 is 0. The summed E-state index contributed by atoms with van der Waals surface area (Å²) in [6.07, 6.45) is 1.12. The van der Waals surface area contributed by atoms with Gasteiger partial charge in [-0.25, -0.2) is 0 Å². The van der Waals surface area contributed by atoms with Crippen molar-refractivity contribution in [3.63, 3.8) is 0 Å². The summed E-state index contributed by atoms with van der Waals surface area (Å²) in [5.41, 5.74) is 10.2. The summed E-state index contributed by atoms with van der Waals surface area (Å²) in [5.74, 6) is 0.691. The first-order valence-electron chi connectivity index (χ1n) is 6.42. The van der Waals surface area contributed by atoms with E-state index >= 15 is 0 Å². The summed E-state index contributed by atoms with van der Waals surface area (Å²) in [6.45, 7) is 4.96. The topological polar surface area (TPSA) is 43.8 Å². The maximum atomic E-state index is 5.61. The molecule has 2 N–H and O–H groups in total. The Kier molecular flexibility index (Phi) is 3.82. The van der Waals surface area contributed by atoms with Crippen LogP contribution in [0.25, 0.3) is 11.3 Å². The maximum absolute atomic E-state index is 5.61. The van der Waals surface area contributed by atoms with Gasteiger partial charge in [0.25, 0.3) is 0 Å². The largest absolute Gasteiger partial charge is 0.325 e. The lowest BCUT2D eigenvalue weighted by molar-refractivity contribution is 0.647. The van der Waals surface area contributed by atoms with Gasteiger partial charge < -0.3 is 5.73 Å². The molecule has 1 aromatic carbocycles. The number of hydrogen-bond acceptors (Lipinski definition) is 2. The van der Waals surface area contributed by atoms with Crippen molar-refractivity contribution >= 4 is 0 Å². The molecule has 0 aliphatic heterocycles. The van der Waals surface area contributed by atoms with Crippen LogP contribution in [0.1, 0.15) is 25.1 Å². The van der Waals surface area contributed by atoms with Crippen molar-refractivity contribution in [3.8, 4) is 11.3 Å². The molecule has 0 bridgehead atoms. The lowest BCUT2D eigenvalue weighted by Crippen LogP contribution is -1.99. The number of hydrogen-bond donors (Lipinski definition) is 1. The fourth-order valence-corrected chi connectivity index (χ4v) is 2.18. The first-order valence-corrected chi connectivity index (χ1v) is 6.42. The second-order valence-electron chi connectivity index (χ2n) is 5.14. The molecule has 3 heteroatoms. The highest BCUT2D eigenvalue weighted by molar-refractivity contribution is 5.60. The fourth-order valence-electron chi connectivity index (χ4n) is 2.18. The Balaban J connectivity index is 2.25. The fraction of sp³-hybridized carbons (Fsp3) is 0.400.